The summed E-state index contributed by atoms with van der Waals surface area (Å²) in [6.45, 7) is 0. The minimum absolute atomic E-state index is 0.156. The van der Waals surface area contributed by atoms with E-state index < -0.39 is 24.1 Å². The Morgan fingerprint density at radius 1 is 1.08 bits per heavy atom. The summed E-state index contributed by atoms with van der Waals surface area (Å²) in [6.07, 6.45) is -4.89. The lowest BCUT2D eigenvalue weighted by Gasteiger charge is -2.20. The summed E-state index contributed by atoms with van der Waals surface area (Å²) in [4.78, 5) is 24.6. The number of ether oxygens (including phenoxy) is 1. The fraction of sp³-hybridized carbons (Fsp3) is 0.0667. The molecule has 0 aromatic heterocycles. The first-order valence-electron chi connectivity index (χ1n) is 6.43. The number of halogens is 4. The minimum atomic E-state index is -4.89. The molecule has 0 spiro atoms. The number of hydrogen-bond donors (Lipinski definition) is 1. The van der Waals surface area contributed by atoms with Crippen LogP contribution in [0, 0.1) is 0 Å². The van der Waals surface area contributed by atoms with Crippen LogP contribution in [0.15, 0.2) is 48.5 Å². The molecule has 0 heterocycles. The van der Waals surface area contributed by atoms with Gasteiger partial charge in [0.2, 0.25) is 0 Å². The van der Waals surface area contributed by atoms with Crippen LogP contribution in [-0.4, -0.2) is 18.3 Å². The van der Waals surface area contributed by atoms with Crippen LogP contribution >= 0.6 is 11.6 Å². The zero-order valence-corrected chi connectivity index (χ0v) is 12.6. The Morgan fingerprint density at radius 3 is 2.21 bits per heavy atom. The predicted octanol–water partition coefficient (Wildman–Crippen LogP) is 3.96. The molecule has 2 aromatic carbocycles. The molecule has 0 atom stereocenters. The van der Waals surface area contributed by atoms with Crippen molar-refractivity contribution >= 4 is 29.2 Å². The molecular weight excluding hydrogens is 349 g/mol. The van der Waals surface area contributed by atoms with Crippen molar-refractivity contribution in [3.63, 3.8) is 0 Å². The second-order valence-corrected chi connectivity index (χ2v) is 4.91. The Labute approximate surface area is 139 Å². The van der Waals surface area contributed by atoms with Crippen LogP contribution in [0.1, 0.15) is 10.4 Å². The zero-order chi connectivity index (χ0) is 17.9. The highest BCUT2D eigenvalue weighted by molar-refractivity contribution is 6.35. The number of rotatable bonds is 3. The number of urea groups is 1. The van der Waals surface area contributed by atoms with E-state index in [1.54, 1.807) is 18.2 Å². The average molecular weight is 359 g/mol. The minimum Gasteiger partial charge on any atom is -0.406 e. The van der Waals surface area contributed by atoms with E-state index in [4.69, 9.17) is 17.3 Å². The molecule has 0 saturated heterocycles. The number of carbonyl (C=O) groups is 2. The molecule has 0 fully saturated rings. The highest BCUT2D eigenvalue weighted by Gasteiger charge is 2.32. The van der Waals surface area contributed by atoms with Crippen molar-refractivity contribution < 1.29 is 27.5 Å². The lowest BCUT2D eigenvalue weighted by atomic mass is 10.2. The Morgan fingerprint density at radius 2 is 1.71 bits per heavy atom. The first kappa shape index (κ1) is 17.6. The van der Waals surface area contributed by atoms with Crippen LogP contribution in [0.4, 0.5) is 23.7 Å². The number of nitrogens with two attached hydrogens (primary N) is 1. The Kier molecular flexibility index (Phi) is 4.99. The Balaban J connectivity index is 2.39. The van der Waals surface area contributed by atoms with Crippen LogP contribution in [-0.2, 0) is 0 Å². The molecule has 126 valence electrons. The van der Waals surface area contributed by atoms with Gasteiger partial charge in [0.05, 0.1) is 10.7 Å². The first-order valence-corrected chi connectivity index (χ1v) is 6.81. The van der Waals surface area contributed by atoms with Crippen molar-refractivity contribution in [2.24, 2.45) is 5.73 Å². The summed E-state index contributed by atoms with van der Waals surface area (Å²) in [5.41, 5.74) is 5.21. The van der Waals surface area contributed by atoms with Gasteiger partial charge in [-0.1, -0.05) is 29.8 Å². The Bertz CT molecular complexity index is 766. The van der Waals surface area contributed by atoms with Gasteiger partial charge >= 0.3 is 12.4 Å². The second kappa shape index (κ2) is 6.79. The highest BCUT2D eigenvalue weighted by Crippen LogP contribution is 2.33. The largest absolute Gasteiger partial charge is 0.573 e. The standard InChI is InChI=1S/C15H10ClF3N2O3/c16-11-8-10(24-15(17,18)19)6-7-12(11)21(14(20)23)13(22)9-4-2-1-3-5-9/h1-8H,(H2,20,23). The number of nitrogens with zero attached hydrogens (tertiary/aromatic N) is 1. The number of hydrogen-bond acceptors (Lipinski definition) is 3. The molecule has 0 radical (unpaired) electrons. The van der Waals surface area contributed by atoms with Crippen LogP contribution in [0.3, 0.4) is 0 Å². The van der Waals surface area contributed by atoms with E-state index in [-0.39, 0.29) is 16.3 Å². The average Bonchev–Trinajstić information content (AvgIpc) is 2.48. The molecule has 2 aromatic rings. The van der Waals surface area contributed by atoms with Gasteiger partial charge in [-0.2, -0.15) is 0 Å². The first-order chi connectivity index (χ1) is 11.2. The molecule has 0 saturated carbocycles. The summed E-state index contributed by atoms with van der Waals surface area (Å²) in [6, 6.07) is 9.39. The van der Waals surface area contributed by atoms with E-state index in [0.717, 1.165) is 18.2 Å². The summed E-state index contributed by atoms with van der Waals surface area (Å²) < 4.78 is 40.3. The molecule has 0 aliphatic rings. The summed E-state index contributed by atoms with van der Waals surface area (Å²) in [5.74, 6) is -1.36. The van der Waals surface area contributed by atoms with Gasteiger partial charge in [-0.05, 0) is 24.3 Å². The molecular formula is C15H10ClF3N2O3. The smallest absolute Gasteiger partial charge is 0.406 e. The van der Waals surface area contributed by atoms with E-state index in [1.807, 2.05) is 0 Å². The van der Waals surface area contributed by atoms with E-state index >= 15 is 0 Å². The SMILES string of the molecule is NC(=O)N(C(=O)c1ccccc1)c1ccc(OC(F)(F)F)cc1Cl. The Hall–Kier alpha value is -2.74. The van der Waals surface area contributed by atoms with Crippen molar-refractivity contribution in [1.82, 2.24) is 0 Å². The lowest BCUT2D eigenvalue weighted by Crippen LogP contribution is -2.41. The van der Waals surface area contributed by atoms with Gasteiger partial charge in [-0.15, -0.1) is 13.2 Å². The molecule has 3 amide bonds. The normalized spacial score (nSPS) is 11.0. The molecule has 0 aliphatic carbocycles. The lowest BCUT2D eigenvalue weighted by molar-refractivity contribution is -0.274. The van der Waals surface area contributed by atoms with E-state index in [9.17, 15) is 22.8 Å². The van der Waals surface area contributed by atoms with Gasteiger partial charge in [-0.3, -0.25) is 4.79 Å². The van der Waals surface area contributed by atoms with E-state index in [0.29, 0.717) is 4.90 Å². The van der Waals surface area contributed by atoms with E-state index in [1.165, 1.54) is 12.1 Å². The van der Waals surface area contributed by atoms with Crippen molar-refractivity contribution in [2.45, 2.75) is 6.36 Å². The fourth-order valence-electron chi connectivity index (χ4n) is 1.90. The fourth-order valence-corrected chi connectivity index (χ4v) is 2.16. The molecule has 24 heavy (non-hydrogen) atoms. The van der Waals surface area contributed by atoms with Crippen molar-refractivity contribution in [3.8, 4) is 5.75 Å². The summed E-state index contributed by atoms with van der Waals surface area (Å²) in [5, 5.41) is -0.306. The number of imide groups is 1. The molecule has 0 unspecified atom stereocenters. The quantitative estimate of drug-likeness (QED) is 0.902. The monoisotopic (exact) mass is 358 g/mol. The number of carbonyl (C=O) groups excluding carboxylic acids is 2. The predicted molar refractivity (Wildman–Crippen MR) is 81.0 cm³/mol. The topological polar surface area (TPSA) is 72.6 Å². The maximum atomic E-state index is 12.4. The maximum Gasteiger partial charge on any atom is 0.573 e. The third-order valence-corrected chi connectivity index (χ3v) is 3.14. The number of benzene rings is 2. The number of anilines is 1. The van der Waals surface area contributed by atoms with Gasteiger partial charge in [0, 0.05) is 11.6 Å². The van der Waals surface area contributed by atoms with Crippen molar-refractivity contribution in [3.05, 3.63) is 59.1 Å². The van der Waals surface area contributed by atoms with Gasteiger partial charge in [0.1, 0.15) is 5.75 Å². The van der Waals surface area contributed by atoms with Gasteiger partial charge < -0.3 is 10.5 Å². The molecule has 9 heteroatoms. The third kappa shape index (κ3) is 4.17. The van der Waals surface area contributed by atoms with Crippen LogP contribution in [0.2, 0.25) is 5.02 Å². The number of alkyl halides is 3. The van der Waals surface area contributed by atoms with Crippen molar-refractivity contribution in [1.29, 1.82) is 0 Å². The number of primary amides is 1. The van der Waals surface area contributed by atoms with Crippen LogP contribution in [0.25, 0.3) is 0 Å². The maximum absolute atomic E-state index is 12.4. The molecule has 2 rings (SSSR count). The molecule has 0 bridgehead atoms. The molecule has 0 aliphatic heterocycles. The van der Waals surface area contributed by atoms with Crippen LogP contribution < -0.4 is 15.4 Å². The van der Waals surface area contributed by atoms with Gasteiger partial charge in [0.25, 0.3) is 5.91 Å². The van der Waals surface area contributed by atoms with Gasteiger partial charge in [0.15, 0.2) is 0 Å². The van der Waals surface area contributed by atoms with Crippen molar-refractivity contribution in [2.75, 3.05) is 4.90 Å². The van der Waals surface area contributed by atoms with Crippen LogP contribution in [0.5, 0.6) is 5.75 Å². The summed E-state index contributed by atoms with van der Waals surface area (Å²) >= 11 is 5.88. The van der Waals surface area contributed by atoms with E-state index in [2.05, 4.69) is 4.74 Å². The zero-order valence-electron chi connectivity index (χ0n) is 11.9. The highest BCUT2D eigenvalue weighted by atomic mass is 35.5. The number of amides is 3. The van der Waals surface area contributed by atoms with Gasteiger partial charge in [-0.25, -0.2) is 9.69 Å². The molecule has 2 N–H and O–H groups in total. The second-order valence-electron chi connectivity index (χ2n) is 4.51. The molecule has 5 nitrogen and oxygen atoms in total. The third-order valence-electron chi connectivity index (χ3n) is 2.84. The summed E-state index contributed by atoms with van der Waals surface area (Å²) in [7, 11) is 0.